The Balaban J connectivity index is 1.65. The Kier molecular flexibility index (Phi) is 6.14. The molecule has 0 amide bonds. The summed E-state index contributed by atoms with van der Waals surface area (Å²) in [5.41, 5.74) is 2.23. The summed E-state index contributed by atoms with van der Waals surface area (Å²) in [6, 6.07) is 18.3. The van der Waals surface area contributed by atoms with E-state index < -0.39 is 0 Å². The highest BCUT2D eigenvalue weighted by Gasteiger charge is 2.12. The smallest absolute Gasteiger partial charge is 0.247 e. The maximum Gasteiger partial charge on any atom is 0.247 e. The summed E-state index contributed by atoms with van der Waals surface area (Å²) in [6.45, 7) is 6.14. The van der Waals surface area contributed by atoms with Crippen molar-refractivity contribution in [1.29, 1.82) is 0 Å². The average molecular weight is 398 g/mol. The fourth-order valence-electron chi connectivity index (χ4n) is 2.60. The van der Waals surface area contributed by atoms with Gasteiger partial charge >= 0.3 is 0 Å². The summed E-state index contributed by atoms with van der Waals surface area (Å²) in [7, 11) is 0. The first-order chi connectivity index (χ1) is 12.2. The number of benzene rings is 2. The molecule has 0 aliphatic carbocycles. The molecule has 128 valence electrons. The Hall–Kier alpha value is -2.24. The second kappa shape index (κ2) is 8.74. The Labute approximate surface area is 156 Å². The lowest BCUT2D eigenvalue weighted by atomic mass is 10.1. The Morgan fingerprint density at radius 3 is 2.68 bits per heavy atom. The molecule has 4 nitrogen and oxygen atoms in total. The standard InChI is InChI=1S/C20H20BrN3O/c1-2-12-24(13-11-16-7-4-3-5-8-16)15-19-22-23-20(25-19)17-9-6-10-18(21)14-17/h2-10,14H,1,11-13,15H2. The number of aromatic nitrogens is 2. The molecule has 0 aliphatic rings. The molecular weight excluding hydrogens is 378 g/mol. The molecule has 3 rings (SSSR count). The monoisotopic (exact) mass is 397 g/mol. The summed E-state index contributed by atoms with van der Waals surface area (Å²) in [6.07, 6.45) is 2.87. The second-order valence-corrected chi connectivity index (χ2v) is 6.69. The summed E-state index contributed by atoms with van der Waals surface area (Å²) in [5, 5.41) is 8.36. The van der Waals surface area contributed by atoms with Crippen LogP contribution in [0.4, 0.5) is 0 Å². The third-order valence-electron chi connectivity index (χ3n) is 3.84. The molecule has 0 saturated heterocycles. The maximum atomic E-state index is 5.83. The van der Waals surface area contributed by atoms with Gasteiger partial charge in [0, 0.05) is 23.1 Å². The van der Waals surface area contributed by atoms with Gasteiger partial charge in [0.05, 0.1) is 6.54 Å². The third-order valence-corrected chi connectivity index (χ3v) is 4.34. The SMILES string of the molecule is C=CCN(CCc1ccccc1)Cc1nnc(-c2cccc(Br)c2)o1. The van der Waals surface area contributed by atoms with Crippen LogP contribution < -0.4 is 0 Å². The highest BCUT2D eigenvalue weighted by Crippen LogP contribution is 2.22. The molecule has 0 unspecified atom stereocenters. The zero-order chi connectivity index (χ0) is 17.5. The van der Waals surface area contributed by atoms with Crippen LogP contribution in [0.15, 0.2) is 76.1 Å². The molecular formula is C20H20BrN3O. The topological polar surface area (TPSA) is 42.2 Å². The van der Waals surface area contributed by atoms with E-state index in [0.29, 0.717) is 18.3 Å². The van der Waals surface area contributed by atoms with Gasteiger partial charge in [0.15, 0.2) is 0 Å². The van der Waals surface area contributed by atoms with Crippen LogP contribution >= 0.6 is 15.9 Å². The van der Waals surface area contributed by atoms with Crippen molar-refractivity contribution < 1.29 is 4.42 Å². The zero-order valence-corrected chi connectivity index (χ0v) is 15.5. The number of hydrogen-bond donors (Lipinski definition) is 0. The van der Waals surface area contributed by atoms with Crippen LogP contribution in [0, 0.1) is 0 Å². The van der Waals surface area contributed by atoms with Gasteiger partial charge in [-0.25, -0.2) is 0 Å². The number of hydrogen-bond acceptors (Lipinski definition) is 4. The van der Waals surface area contributed by atoms with Crippen LogP contribution in [0.3, 0.4) is 0 Å². The first-order valence-corrected chi connectivity index (χ1v) is 8.99. The van der Waals surface area contributed by atoms with E-state index in [1.165, 1.54) is 5.56 Å². The van der Waals surface area contributed by atoms with E-state index >= 15 is 0 Å². The van der Waals surface area contributed by atoms with Gasteiger partial charge in [0.25, 0.3) is 0 Å². The Morgan fingerprint density at radius 1 is 1.08 bits per heavy atom. The lowest BCUT2D eigenvalue weighted by Crippen LogP contribution is -2.26. The lowest BCUT2D eigenvalue weighted by molar-refractivity contribution is 0.266. The van der Waals surface area contributed by atoms with Crippen LogP contribution in [0.2, 0.25) is 0 Å². The van der Waals surface area contributed by atoms with E-state index in [1.807, 2.05) is 36.4 Å². The Bertz CT molecular complexity index is 817. The quantitative estimate of drug-likeness (QED) is 0.515. The normalized spacial score (nSPS) is 11.0. The lowest BCUT2D eigenvalue weighted by Gasteiger charge is -2.18. The summed E-state index contributed by atoms with van der Waals surface area (Å²) in [5.74, 6) is 1.16. The molecule has 0 fully saturated rings. The van der Waals surface area contributed by atoms with E-state index in [2.05, 4.69) is 61.9 Å². The van der Waals surface area contributed by atoms with Gasteiger partial charge < -0.3 is 4.42 Å². The van der Waals surface area contributed by atoms with Crippen molar-refractivity contribution in [3.05, 3.63) is 83.2 Å². The van der Waals surface area contributed by atoms with Crippen LogP contribution in [-0.2, 0) is 13.0 Å². The van der Waals surface area contributed by atoms with Crippen molar-refractivity contribution >= 4 is 15.9 Å². The number of nitrogens with zero attached hydrogens (tertiary/aromatic N) is 3. The predicted molar refractivity (Wildman–Crippen MR) is 103 cm³/mol. The minimum absolute atomic E-state index is 0.540. The summed E-state index contributed by atoms with van der Waals surface area (Å²) < 4.78 is 6.82. The van der Waals surface area contributed by atoms with Gasteiger partial charge in [0.2, 0.25) is 11.8 Å². The van der Waals surface area contributed by atoms with Crippen molar-refractivity contribution in [3.63, 3.8) is 0 Å². The largest absolute Gasteiger partial charge is 0.419 e. The summed E-state index contributed by atoms with van der Waals surface area (Å²) >= 11 is 3.46. The van der Waals surface area contributed by atoms with Crippen LogP contribution in [0.25, 0.3) is 11.5 Å². The molecule has 1 heterocycles. The molecule has 0 N–H and O–H groups in total. The van der Waals surface area contributed by atoms with Crippen molar-refractivity contribution in [2.24, 2.45) is 0 Å². The summed E-state index contributed by atoms with van der Waals surface area (Å²) in [4.78, 5) is 2.25. The molecule has 0 radical (unpaired) electrons. The van der Waals surface area contributed by atoms with Crippen molar-refractivity contribution in [2.45, 2.75) is 13.0 Å². The molecule has 2 aromatic carbocycles. The first-order valence-electron chi connectivity index (χ1n) is 8.20. The zero-order valence-electron chi connectivity index (χ0n) is 13.9. The van der Waals surface area contributed by atoms with Crippen LogP contribution in [-0.4, -0.2) is 28.2 Å². The van der Waals surface area contributed by atoms with Crippen molar-refractivity contribution in [3.8, 4) is 11.5 Å². The van der Waals surface area contributed by atoms with Gasteiger partial charge in [-0.2, -0.15) is 0 Å². The molecule has 0 saturated carbocycles. The molecule has 3 aromatic rings. The van der Waals surface area contributed by atoms with E-state index in [-0.39, 0.29) is 0 Å². The molecule has 0 atom stereocenters. The highest BCUT2D eigenvalue weighted by molar-refractivity contribution is 9.10. The molecule has 0 bridgehead atoms. The minimum Gasteiger partial charge on any atom is -0.419 e. The Morgan fingerprint density at radius 2 is 1.92 bits per heavy atom. The van der Waals surface area contributed by atoms with Gasteiger partial charge in [-0.15, -0.1) is 16.8 Å². The van der Waals surface area contributed by atoms with Crippen molar-refractivity contribution in [1.82, 2.24) is 15.1 Å². The average Bonchev–Trinajstić information content (AvgIpc) is 3.09. The van der Waals surface area contributed by atoms with E-state index in [0.717, 1.165) is 29.5 Å². The van der Waals surface area contributed by atoms with Gasteiger partial charge in [0.1, 0.15) is 0 Å². The van der Waals surface area contributed by atoms with E-state index in [9.17, 15) is 0 Å². The fraction of sp³-hybridized carbons (Fsp3) is 0.200. The molecule has 0 spiro atoms. The van der Waals surface area contributed by atoms with Crippen LogP contribution in [0.5, 0.6) is 0 Å². The van der Waals surface area contributed by atoms with Crippen LogP contribution in [0.1, 0.15) is 11.5 Å². The second-order valence-electron chi connectivity index (χ2n) is 5.77. The molecule has 25 heavy (non-hydrogen) atoms. The van der Waals surface area contributed by atoms with Gasteiger partial charge in [-0.1, -0.05) is 58.4 Å². The number of rotatable bonds is 8. The van der Waals surface area contributed by atoms with Gasteiger partial charge in [-0.05, 0) is 30.2 Å². The fourth-order valence-corrected chi connectivity index (χ4v) is 3.00. The van der Waals surface area contributed by atoms with Gasteiger partial charge in [-0.3, -0.25) is 4.90 Å². The molecule has 0 aliphatic heterocycles. The molecule has 1 aromatic heterocycles. The first kappa shape index (κ1) is 17.6. The third kappa shape index (κ3) is 5.11. The minimum atomic E-state index is 0.540. The number of halogens is 1. The highest BCUT2D eigenvalue weighted by atomic mass is 79.9. The maximum absolute atomic E-state index is 5.83. The predicted octanol–water partition coefficient (Wildman–Crippen LogP) is 4.73. The van der Waals surface area contributed by atoms with Crippen molar-refractivity contribution in [2.75, 3.05) is 13.1 Å². The van der Waals surface area contributed by atoms with E-state index in [1.54, 1.807) is 0 Å². The molecule has 5 heteroatoms. The van der Waals surface area contributed by atoms with E-state index in [4.69, 9.17) is 4.42 Å².